The van der Waals surface area contributed by atoms with Crippen molar-refractivity contribution in [2.75, 3.05) is 17.3 Å². The van der Waals surface area contributed by atoms with E-state index in [0.29, 0.717) is 22.2 Å². The van der Waals surface area contributed by atoms with Crippen LogP contribution in [0, 0.1) is 13.8 Å². The number of nitrogens with one attached hydrogen (secondary N) is 2. The molecule has 2 aromatic carbocycles. The maximum Gasteiger partial charge on any atom is 0.221 e. The Morgan fingerprint density at radius 3 is 2.55 bits per heavy atom. The molecule has 0 aliphatic carbocycles. The largest absolute Gasteiger partial charge is 0.506 e. The van der Waals surface area contributed by atoms with Crippen molar-refractivity contribution in [2.45, 2.75) is 32.9 Å². The number of aromatic hydroxyl groups is 1. The molecule has 0 spiro atoms. The number of rotatable bonds is 6. The van der Waals surface area contributed by atoms with Gasteiger partial charge in [0.25, 0.3) is 0 Å². The number of phenolic OH excluding ortho intramolecular Hbond substituents is 1. The number of hydrogen-bond acceptors (Lipinski definition) is 5. The van der Waals surface area contributed by atoms with Crippen LogP contribution >= 0.6 is 12.2 Å². The summed E-state index contributed by atoms with van der Waals surface area (Å²) in [5.74, 6) is 0.559. The number of carbonyl (C=O) groups is 1. The first kappa shape index (κ1) is 25.3. The average Bonchev–Trinajstić information content (AvgIpc) is 3.39. The fourth-order valence-corrected chi connectivity index (χ4v) is 5.54. The maximum atomic E-state index is 11.9. The Bertz CT molecular complexity index is 1520. The van der Waals surface area contributed by atoms with Crippen molar-refractivity contribution >= 4 is 34.6 Å². The van der Waals surface area contributed by atoms with Crippen molar-refractivity contribution in [3.8, 4) is 17.2 Å². The highest BCUT2D eigenvalue weighted by atomic mass is 32.1. The second-order valence-corrected chi connectivity index (χ2v) is 9.60. The topological polar surface area (TPSA) is 91.7 Å². The lowest BCUT2D eigenvalue weighted by Crippen LogP contribution is -2.29. The minimum atomic E-state index is -0.262. The van der Waals surface area contributed by atoms with Gasteiger partial charge in [-0.25, -0.2) is 0 Å². The molecule has 0 bridgehead atoms. The number of benzene rings is 2. The monoisotopic (exact) mass is 527 g/mol. The first-order valence-corrected chi connectivity index (χ1v) is 12.6. The molecule has 0 unspecified atom stereocenters. The molecule has 5 rings (SSSR count). The zero-order valence-corrected chi connectivity index (χ0v) is 22.4. The van der Waals surface area contributed by atoms with Crippen LogP contribution in [0.5, 0.6) is 11.5 Å². The Morgan fingerprint density at radius 1 is 1.11 bits per heavy atom. The highest BCUT2D eigenvalue weighted by molar-refractivity contribution is 7.80. The number of hydrogen-bond donors (Lipinski definition) is 3. The van der Waals surface area contributed by atoms with E-state index >= 15 is 0 Å². The Hall–Kier alpha value is -4.37. The van der Waals surface area contributed by atoms with Crippen LogP contribution in [0.3, 0.4) is 0 Å². The number of nitrogens with zero attached hydrogens (tertiary/aromatic N) is 3. The number of ether oxygens (including phenoxy) is 1. The van der Waals surface area contributed by atoms with Gasteiger partial charge in [-0.15, -0.1) is 0 Å². The smallest absolute Gasteiger partial charge is 0.221 e. The molecule has 2 atom stereocenters. The average molecular weight is 528 g/mol. The zero-order chi connectivity index (χ0) is 27.0. The van der Waals surface area contributed by atoms with E-state index in [0.717, 1.165) is 28.3 Å². The fraction of sp³-hybridized carbons (Fsp3) is 0.207. The number of phenols is 1. The van der Waals surface area contributed by atoms with Crippen LogP contribution in [-0.2, 0) is 4.79 Å². The second kappa shape index (κ2) is 10.2. The summed E-state index contributed by atoms with van der Waals surface area (Å²) >= 11 is 5.89. The van der Waals surface area contributed by atoms with Gasteiger partial charge in [-0.3, -0.25) is 9.78 Å². The molecule has 1 saturated heterocycles. The van der Waals surface area contributed by atoms with E-state index in [1.807, 2.05) is 68.4 Å². The summed E-state index contributed by atoms with van der Waals surface area (Å²) in [6, 6.07) is 20.4. The summed E-state index contributed by atoms with van der Waals surface area (Å²) in [6.07, 6.45) is 1.77. The minimum Gasteiger partial charge on any atom is -0.506 e. The molecular weight excluding hydrogens is 498 g/mol. The van der Waals surface area contributed by atoms with Crippen molar-refractivity contribution in [3.63, 3.8) is 0 Å². The number of pyridine rings is 1. The number of aryl methyl sites for hydroxylation is 1. The second-order valence-electron chi connectivity index (χ2n) is 9.21. The summed E-state index contributed by atoms with van der Waals surface area (Å²) in [4.78, 5) is 18.6. The Balaban J connectivity index is 1.69. The van der Waals surface area contributed by atoms with Gasteiger partial charge in [-0.05, 0) is 80.2 Å². The van der Waals surface area contributed by atoms with Crippen LogP contribution in [0.4, 0.5) is 11.4 Å². The Morgan fingerprint density at radius 2 is 1.87 bits per heavy atom. The first-order valence-electron chi connectivity index (χ1n) is 12.2. The van der Waals surface area contributed by atoms with E-state index in [2.05, 4.69) is 31.2 Å². The van der Waals surface area contributed by atoms with Crippen molar-refractivity contribution in [2.24, 2.45) is 0 Å². The third-order valence-corrected chi connectivity index (χ3v) is 7.10. The van der Waals surface area contributed by atoms with Gasteiger partial charge < -0.3 is 29.9 Å². The van der Waals surface area contributed by atoms with Gasteiger partial charge in [0.1, 0.15) is 11.5 Å². The van der Waals surface area contributed by atoms with Gasteiger partial charge in [0.15, 0.2) is 5.11 Å². The number of amides is 1. The number of anilines is 2. The predicted molar refractivity (Wildman–Crippen MR) is 152 cm³/mol. The minimum absolute atomic E-state index is 0.198. The molecule has 194 valence electrons. The van der Waals surface area contributed by atoms with E-state index < -0.39 is 0 Å². The summed E-state index contributed by atoms with van der Waals surface area (Å²) in [7, 11) is 1.57. The van der Waals surface area contributed by atoms with E-state index in [-0.39, 0.29) is 23.7 Å². The quantitative estimate of drug-likeness (QED) is 0.292. The van der Waals surface area contributed by atoms with E-state index in [1.165, 1.54) is 6.92 Å². The summed E-state index contributed by atoms with van der Waals surface area (Å²) in [5.41, 5.74) is 5.90. The first-order chi connectivity index (χ1) is 18.3. The highest BCUT2D eigenvalue weighted by Crippen LogP contribution is 2.45. The van der Waals surface area contributed by atoms with E-state index in [1.54, 1.807) is 19.4 Å². The molecule has 8 nitrogen and oxygen atoms in total. The molecular formula is C29H29N5O3S. The summed E-state index contributed by atoms with van der Waals surface area (Å²) in [6.45, 7) is 5.52. The molecule has 38 heavy (non-hydrogen) atoms. The molecule has 4 aromatic rings. The molecule has 1 aliphatic rings. The Labute approximate surface area is 226 Å². The molecule has 2 aromatic heterocycles. The third-order valence-electron chi connectivity index (χ3n) is 6.78. The fourth-order valence-electron chi connectivity index (χ4n) is 5.19. The van der Waals surface area contributed by atoms with E-state index in [9.17, 15) is 9.90 Å². The number of aromatic nitrogens is 2. The standard InChI is InChI=1S/C29H29N5O3S/c1-17-15-21(18(2)33(17)24-10-5-6-11-25(24)36)28-27(22-9-7-8-14-30-22)32-29(38)34(28)20-12-13-26(37-4)23(16-20)31-19(3)35/h5-16,27-28,36H,1-4H3,(H,31,35)(H,32,38)/t27-,28-/m1/s1. The van der Waals surface area contributed by atoms with Crippen LogP contribution in [0.25, 0.3) is 5.69 Å². The van der Waals surface area contributed by atoms with Crippen molar-refractivity contribution in [1.82, 2.24) is 14.9 Å². The molecule has 3 heterocycles. The van der Waals surface area contributed by atoms with Crippen LogP contribution in [-0.4, -0.2) is 32.8 Å². The molecule has 1 fully saturated rings. The van der Waals surface area contributed by atoms with Crippen LogP contribution in [0.2, 0.25) is 0 Å². The zero-order valence-electron chi connectivity index (χ0n) is 21.6. The number of carbonyl (C=O) groups excluding carboxylic acids is 1. The van der Waals surface area contributed by atoms with Crippen molar-refractivity contribution in [3.05, 3.63) is 95.6 Å². The number of thiocarbonyl (C=S) groups is 1. The number of para-hydroxylation sites is 2. The summed E-state index contributed by atoms with van der Waals surface area (Å²) < 4.78 is 7.52. The van der Waals surface area contributed by atoms with Gasteiger partial charge in [0.2, 0.25) is 5.91 Å². The SMILES string of the molecule is COc1ccc(N2C(=S)N[C@H](c3ccccn3)[C@H]2c2cc(C)n(-c3ccccc3O)c2C)cc1NC(C)=O. The number of methoxy groups -OCH3 is 1. The van der Waals surface area contributed by atoms with Crippen LogP contribution in [0.1, 0.15) is 41.7 Å². The van der Waals surface area contributed by atoms with Crippen LogP contribution < -0.4 is 20.3 Å². The highest BCUT2D eigenvalue weighted by Gasteiger charge is 2.42. The Kier molecular flexibility index (Phi) is 6.77. The molecule has 3 N–H and O–H groups in total. The van der Waals surface area contributed by atoms with Gasteiger partial charge in [0.05, 0.1) is 36.3 Å². The lowest BCUT2D eigenvalue weighted by Gasteiger charge is -2.29. The lowest BCUT2D eigenvalue weighted by atomic mass is 9.96. The predicted octanol–water partition coefficient (Wildman–Crippen LogP) is 5.34. The molecule has 0 saturated carbocycles. The van der Waals surface area contributed by atoms with Gasteiger partial charge in [-0.2, -0.15) is 0 Å². The molecule has 1 amide bonds. The lowest BCUT2D eigenvalue weighted by molar-refractivity contribution is -0.114. The maximum absolute atomic E-state index is 11.9. The third kappa shape index (κ3) is 4.45. The summed E-state index contributed by atoms with van der Waals surface area (Å²) in [5, 5.41) is 17.5. The van der Waals surface area contributed by atoms with Gasteiger partial charge in [-0.1, -0.05) is 18.2 Å². The van der Waals surface area contributed by atoms with E-state index in [4.69, 9.17) is 17.0 Å². The van der Waals surface area contributed by atoms with Gasteiger partial charge >= 0.3 is 0 Å². The molecule has 0 radical (unpaired) electrons. The van der Waals surface area contributed by atoms with Crippen LogP contribution in [0.15, 0.2) is 72.9 Å². The normalized spacial score (nSPS) is 16.8. The van der Waals surface area contributed by atoms with Crippen molar-refractivity contribution in [1.29, 1.82) is 0 Å². The van der Waals surface area contributed by atoms with Crippen molar-refractivity contribution < 1.29 is 14.6 Å². The van der Waals surface area contributed by atoms with Gasteiger partial charge in [0, 0.05) is 30.2 Å². The molecule has 9 heteroatoms. The molecule has 1 aliphatic heterocycles.